The van der Waals surface area contributed by atoms with E-state index in [1.807, 2.05) is 43.3 Å². The second-order valence-electron chi connectivity index (χ2n) is 8.05. The molecule has 0 unspecified atom stereocenters. The molecule has 0 spiro atoms. The predicted molar refractivity (Wildman–Crippen MR) is 127 cm³/mol. The number of aryl methyl sites for hydroxylation is 1. The number of aliphatic hydroxyl groups is 1. The monoisotopic (exact) mass is 451 g/mol. The zero-order valence-electron chi connectivity index (χ0n) is 17.1. The maximum atomic E-state index is 13.5. The van der Waals surface area contributed by atoms with Gasteiger partial charge in [-0.15, -0.1) is 0 Å². The van der Waals surface area contributed by atoms with Gasteiger partial charge in [-0.2, -0.15) is 11.8 Å². The first kappa shape index (κ1) is 20.5. The van der Waals surface area contributed by atoms with E-state index in [0.717, 1.165) is 39.8 Å². The van der Waals surface area contributed by atoms with Gasteiger partial charge in [0.05, 0.1) is 29.4 Å². The van der Waals surface area contributed by atoms with E-state index in [4.69, 9.17) is 11.6 Å². The number of thioether (sulfide) groups is 1. The van der Waals surface area contributed by atoms with Crippen LogP contribution in [0.3, 0.4) is 0 Å². The molecule has 1 aliphatic rings. The lowest BCUT2D eigenvalue weighted by atomic mass is 9.96. The van der Waals surface area contributed by atoms with Gasteiger partial charge in [0.25, 0.3) is 5.56 Å². The zero-order chi connectivity index (χ0) is 21.5. The van der Waals surface area contributed by atoms with Gasteiger partial charge in [0.15, 0.2) is 0 Å². The summed E-state index contributed by atoms with van der Waals surface area (Å²) in [5, 5.41) is 13.5. The van der Waals surface area contributed by atoms with E-state index in [-0.39, 0.29) is 11.6 Å². The second kappa shape index (κ2) is 8.26. The lowest BCUT2D eigenvalue weighted by Gasteiger charge is -2.28. The van der Waals surface area contributed by atoms with Crippen LogP contribution in [0.2, 0.25) is 5.15 Å². The molecule has 5 rings (SSSR count). The maximum Gasteiger partial charge on any atom is 0.261 e. The fourth-order valence-electron chi connectivity index (χ4n) is 4.49. The molecule has 0 aliphatic carbocycles. The molecule has 31 heavy (non-hydrogen) atoms. The van der Waals surface area contributed by atoms with Crippen molar-refractivity contribution in [2.45, 2.75) is 31.9 Å². The summed E-state index contributed by atoms with van der Waals surface area (Å²) in [5.74, 6) is 1.57. The summed E-state index contributed by atoms with van der Waals surface area (Å²) < 4.78 is 1.62. The highest BCUT2D eigenvalue weighted by Gasteiger charge is 2.26. The summed E-state index contributed by atoms with van der Waals surface area (Å²) >= 11 is 7.89. The summed E-state index contributed by atoms with van der Waals surface area (Å²) in [7, 11) is 0. The molecule has 1 aliphatic heterocycles. The number of hydrogen-bond donors (Lipinski definition) is 1. The Morgan fingerprint density at radius 1 is 1.19 bits per heavy atom. The minimum atomic E-state index is -0.544. The van der Waals surface area contributed by atoms with Crippen LogP contribution in [0, 0.1) is 6.92 Å². The number of hydrogen-bond acceptors (Lipinski definition) is 5. The number of halogens is 1. The Morgan fingerprint density at radius 2 is 2.00 bits per heavy atom. The number of nitrogens with zero attached hydrogens (tertiary/aromatic N) is 3. The molecule has 0 amide bonds. The normalized spacial score (nSPS) is 19.2. The second-order valence-corrected chi connectivity index (χ2v) is 9.59. The first-order chi connectivity index (χ1) is 15.0. The van der Waals surface area contributed by atoms with E-state index >= 15 is 0 Å². The highest BCUT2D eigenvalue weighted by molar-refractivity contribution is 7.99. The molecule has 4 aromatic rings. The van der Waals surface area contributed by atoms with Crippen LogP contribution >= 0.6 is 23.4 Å². The Kier molecular flexibility index (Phi) is 5.46. The molecule has 2 atom stereocenters. The number of aliphatic hydroxyl groups excluding tert-OH is 1. The van der Waals surface area contributed by atoms with Crippen LogP contribution in [0.15, 0.2) is 53.6 Å². The van der Waals surface area contributed by atoms with Crippen LogP contribution in [-0.4, -0.2) is 37.3 Å². The van der Waals surface area contributed by atoms with Gasteiger partial charge in [-0.3, -0.25) is 9.36 Å². The minimum Gasteiger partial charge on any atom is -0.390 e. The molecular weight excluding hydrogens is 430 g/mol. The Balaban J connectivity index is 1.71. The average molecular weight is 452 g/mol. The molecule has 1 saturated heterocycles. The van der Waals surface area contributed by atoms with Crippen LogP contribution in [-0.2, 0) is 6.42 Å². The minimum absolute atomic E-state index is 0.100. The first-order valence-corrected chi connectivity index (χ1v) is 11.8. The topological polar surface area (TPSA) is 68.0 Å². The molecule has 0 bridgehead atoms. The van der Waals surface area contributed by atoms with Crippen molar-refractivity contribution in [2.24, 2.45) is 0 Å². The lowest BCUT2D eigenvalue weighted by Crippen LogP contribution is -2.36. The van der Waals surface area contributed by atoms with E-state index in [2.05, 4.69) is 16.0 Å². The SMILES string of the molecule is Cc1cc(Cc2cc3c(=O)n([C@H]4CCSC[C@@H]4O)cnc3c3ccccc23)cc(Cl)n1. The average Bonchev–Trinajstić information content (AvgIpc) is 2.75. The smallest absolute Gasteiger partial charge is 0.261 e. The van der Waals surface area contributed by atoms with Crippen LogP contribution in [0.1, 0.15) is 29.3 Å². The predicted octanol–water partition coefficient (Wildman–Crippen LogP) is 4.54. The summed E-state index contributed by atoms with van der Waals surface area (Å²) in [4.78, 5) is 22.4. The molecule has 158 valence electrons. The molecule has 2 aromatic heterocycles. The largest absolute Gasteiger partial charge is 0.390 e. The fourth-order valence-corrected chi connectivity index (χ4v) is 5.80. The third-order valence-electron chi connectivity index (χ3n) is 5.90. The van der Waals surface area contributed by atoms with Gasteiger partial charge < -0.3 is 5.11 Å². The maximum absolute atomic E-state index is 13.5. The van der Waals surface area contributed by atoms with Gasteiger partial charge >= 0.3 is 0 Å². The van der Waals surface area contributed by atoms with Gasteiger partial charge in [-0.1, -0.05) is 35.9 Å². The summed E-state index contributed by atoms with van der Waals surface area (Å²) in [6.45, 7) is 1.92. The Bertz CT molecular complexity index is 1330. The van der Waals surface area contributed by atoms with E-state index in [1.165, 1.54) is 0 Å². The van der Waals surface area contributed by atoms with Crippen LogP contribution in [0.4, 0.5) is 0 Å². The van der Waals surface area contributed by atoms with Crippen LogP contribution in [0.5, 0.6) is 0 Å². The van der Waals surface area contributed by atoms with Crippen molar-refractivity contribution < 1.29 is 5.11 Å². The number of benzene rings is 2. The third kappa shape index (κ3) is 3.84. The van der Waals surface area contributed by atoms with E-state index < -0.39 is 6.10 Å². The molecule has 7 heteroatoms. The summed E-state index contributed by atoms with van der Waals surface area (Å²) in [5.41, 5.74) is 3.55. The van der Waals surface area contributed by atoms with Gasteiger partial charge in [0.1, 0.15) is 5.15 Å². The van der Waals surface area contributed by atoms with E-state index in [0.29, 0.717) is 28.2 Å². The van der Waals surface area contributed by atoms with Gasteiger partial charge in [0.2, 0.25) is 0 Å². The van der Waals surface area contributed by atoms with Crippen molar-refractivity contribution in [1.29, 1.82) is 0 Å². The van der Waals surface area contributed by atoms with Crippen LogP contribution in [0.25, 0.3) is 21.7 Å². The van der Waals surface area contributed by atoms with Crippen molar-refractivity contribution in [3.05, 3.63) is 81.1 Å². The zero-order valence-corrected chi connectivity index (χ0v) is 18.7. The molecule has 5 nitrogen and oxygen atoms in total. The quantitative estimate of drug-likeness (QED) is 0.366. The van der Waals surface area contributed by atoms with E-state index in [1.54, 1.807) is 22.7 Å². The Labute approximate surface area is 189 Å². The fraction of sp³-hybridized carbons (Fsp3) is 0.292. The Morgan fingerprint density at radius 3 is 2.77 bits per heavy atom. The molecule has 2 aromatic carbocycles. The van der Waals surface area contributed by atoms with E-state index in [9.17, 15) is 9.90 Å². The molecule has 0 saturated carbocycles. The van der Waals surface area contributed by atoms with Crippen molar-refractivity contribution in [2.75, 3.05) is 11.5 Å². The third-order valence-corrected chi connectivity index (χ3v) is 7.20. The highest BCUT2D eigenvalue weighted by Crippen LogP contribution is 2.30. The lowest BCUT2D eigenvalue weighted by molar-refractivity contribution is 0.126. The van der Waals surface area contributed by atoms with Gasteiger partial charge in [-0.25, -0.2) is 9.97 Å². The molecule has 1 fully saturated rings. The van der Waals surface area contributed by atoms with Gasteiger partial charge in [0, 0.05) is 16.8 Å². The van der Waals surface area contributed by atoms with Gasteiger partial charge in [-0.05, 0) is 60.2 Å². The number of pyridine rings is 1. The van der Waals surface area contributed by atoms with Crippen molar-refractivity contribution >= 4 is 45.0 Å². The molecule has 1 N–H and O–H groups in total. The molecule has 0 radical (unpaired) electrons. The number of fused-ring (bicyclic) bond motifs is 3. The van der Waals surface area contributed by atoms with Crippen LogP contribution < -0.4 is 5.56 Å². The summed E-state index contributed by atoms with van der Waals surface area (Å²) in [6.07, 6.45) is 2.45. The first-order valence-electron chi connectivity index (χ1n) is 10.3. The highest BCUT2D eigenvalue weighted by atomic mass is 35.5. The number of rotatable bonds is 3. The van der Waals surface area contributed by atoms with Crippen molar-refractivity contribution in [1.82, 2.24) is 14.5 Å². The molecular formula is C24H22ClN3O2S. The Hall–Kier alpha value is -2.41. The van der Waals surface area contributed by atoms with Crippen molar-refractivity contribution in [3.63, 3.8) is 0 Å². The molecule has 3 heterocycles. The number of aromatic nitrogens is 3. The standard InChI is InChI=1S/C24H22ClN3O2S/c1-14-8-15(10-22(25)27-14)9-16-11-19-23(18-5-3-2-4-17(16)18)26-13-28(24(19)30)20-6-7-31-12-21(20)29/h2-5,8,10-11,13,20-21,29H,6-7,9,12H2,1H3/t20-,21-/m0/s1. The summed E-state index contributed by atoms with van der Waals surface area (Å²) in [6, 6.07) is 13.6. The van der Waals surface area contributed by atoms with Crippen molar-refractivity contribution in [3.8, 4) is 0 Å².